The molecule has 7 heteroatoms. The summed E-state index contributed by atoms with van der Waals surface area (Å²) in [6, 6.07) is 14.4. The van der Waals surface area contributed by atoms with Crippen LogP contribution in [0.2, 0.25) is 0 Å². The molecule has 170 valence electrons. The standard InChI is InChI=1S/C25H31N3O3S/c1-28(2)18-10-8-17(9-11-18)25-22-7-3-6-21(22)23-15-20(12-13-24(23)27-25)32(29,30)26-16-19-5-4-14-31-19/h3,6,8-13,15,19,21-22,25-27H,4-5,7,14,16H2,1-2H3. The maximum absolute atomic E-state index is 12.9. The first-order valence-corrected chi connectivity index (χ1v) is 12.9. The summed E-state index contributed by atoms with van der Waals surface area (Å²) in [5, 5.41) is 3.70. The van der Waals surface area contributed by atoms with E-state index in [4.69, 9.17) is 4.74 Å². The van der Waals surface area contributed by atoms with E-state index in [9.17, 15) is 8.42 Å². The lowest BCUT2D eigenvalue weighted by Gasteiger charge is -2.38. The summed E-state index contributed by atoms with van der Waals surface area (Å²) in [5.41, 5.74) is 4.51. The molecule has 0 bridgehead atoms. The number of benzene rings is 2. The highest BCUT2D eigenvalue weighted by Gasteiger charge is 2.38. The Bertz CT molecular complexity index is 1110. The van der Waals surface area contributed by atoms with Crippen molar-refractivity contribution in [1.29, 1.82) is 0 Å². The summed E-state index contributed by atoms with van der Waals surface area (Å²) in [6.45, 7) is 1.04. The number of nitrogens with one attached hydrogen (secondary N) is 2. The van der Waals surface area contributed by atoms with Crippen molar-refractivity contribution in [2.24, 2.45) is 5.92 Å². The molecule has 5 rings (SSSR count). The molecule has 2 N–H and O–H groups in total. The number of hydrogen-bond donors (Lipinski definition) is 2. The summed E-state index contributed by atoms with van der Waals surface area (Å²) in [5.74, 6) is 0.573. The Morgan fingerprint density at radius 2 is 1.97 bits per heavy atom. The first-order valence-electron chi connectivity index (χ1n) is 11.4. The fourth-order valence-corrected chi connectivity index (χ4v) is 6.24. The number of anilines is 2. The smallest absolute Gasteiger partial charge is 0.240 e. The molecule has 2 aromatic carbocycles. The van der Waals surface area contributed by atoms with E-state index >= 15 is 0 Å². The van der Waals surface area contributed by atoms with Crippen molar-refractivity contribution in [1.82, 2.24) is 4.72 Å². The normalized spacial score (nSPS) is 26.4. The van der Waals surface area contributed by atoms with Crippen LogP contribution in [0.4, 0.5) is 11.4 Å². The van der Waals surface area contributed by atoms with Crippen molar-refractivity contribution in [3.05, 3.63) is 65.7 Å². The molecule has 1 saturated heterocycles. The predicted molar refractivity (Wildman–Crippen MR) is 128 cm³/mol. The van der Waals surface area contributed by atoms with E-state index in [1.54, 1.807) is 6.07 Å². The maximum Gasteiger partial charge on any atom is 0.240 e. The van der Waals surface area contributed by atoms with Crippen LogP contribution in [0, 0.1) is 5.92 Å². The van der Waals surface area contributed by atoms with Gasteiger partial charge in [0.25, 0.3) is 0 Å². The lowest BCUT2D eigenvalue weighted by Crippen LogP contribution is -2.32. The maximum atomic E-state index is 12.9. The summed E-state index contributed by atoms with van der Waals surface area (Å²) < 4.78 is 34.2. The average molecular weight is 454 g/mol. The molecule has 0 spiro atoms. The van der Waals surface area contributed by atoms with E-state index in [1.807, 2.05) is 26.2 Å². The van der Waals surface area contributed by atoms with Gasteiger partial charge in [-0.05, 0) is 66.6 Å². The van der Waals surface area contributed by atoms with E-state index in [1.165, 1.54) is 11.3 Å². The molecule has 2 aromatic rings. The molecule has 6 nitrogen and oxygen atoms in total. The van der Waals surface area contributed by atoms with E-state index in [2.05, 4.69) is 51.4 Å². The van der Waals surface area contributed by atoms with Gasteiger partial charge in [0, 0.05) is 44.5 Å². The topological polar surface area (TPSA) is 70.7 Å². The Balaban J connectivity index is 1.40. The van der Waals surface area contributed by atoms with Gasteiger partial charge in [-0.15, -0.1) is 0 Å². The van der Waals surface area contributed by atoms with Gasteiger partial charge in [0.05, 0.1) is 17.0 Å². The second-order valence-corrected chi connectivity index (χ2v) is 11.0. The lowest BCUT2D eigenvalue weighted by molar-refractivity contribution is 0.114. The quantitative estimate of drug-likeness (QED) is 0.646. The first kappa shape index (κ1) is 21.5. The Labute approximate surface area is 190 Å². The molecular formula is C25H31N3O3S. The molecule has 2 heterocycles. The molecule has 1 fully saturated rings. The third-order valence-electron chi connectivity index (χ3n) is 6.94. The van der Waals surface area contributed by atoms with Crippen molar-refractivity contribution in [3.63, 3.8) is 0 Å². The van der Waals surface area contributed by atoms with Gasteiger partial charge < -0.3 is 15.0 Å². The zero-order valence-electron chi connectivity index (χ0n) is 18.6. The van der Waals surface area contributed by atoms with Crippen LogP contribution in [0.1, 0.15) is 42.3 Å². The van der Waals surface area contributed by atoms with Gasteiger partial charge in [-0.1, -0.05) is 24.3 Å². The molecule has 1 aliphatic carbocycles. The molecule has 0 saturated carbocycles. The molecular weight excluding hydrogens is 422 g/mol. The highest BCUT2D eigenvalue weighted by molar-refractivity contribution is 7.89. The molecule has 0 aromatic heterocycles. The zero-order chi connectivity index (χ0) is 22.3. The third-order valence-corrected chi connectivity index (χ3v) is 8.36. The summed E-state index contributed by atoms with van der Waals surface area (Å²) in [4.78, 5) is 2.42. The highest BCUT2D eigenvalue weighted by atomic mass is 32.2. The Kier molecular flexibility index (Phi) is 5.73. The third kappa shape index (κ3) is 4.05. The molecule has 32 heavy (non-hydrogen) atoms. The molecule has 0 amide bonds. The van der Waals surface area contributed by atoms with Crippen LogP contribution in [0.25, 0.3) is 0 Å². The summed E-state index contributed by atoms with van der Waals surface area (Å²) in [7, 11) is 0.513. The number of ether oxygens (including phenoxy) is 1. The molecule has 4 atom stereocenters. The van der Waals surface area contributed by atoms with Crippen LogP contribution in [-0.2, 0) is 14.8 Å². The van der Waals surface area contributed by atoms with Crippen LogP contribution in [0.3, 0.4) is 0 Å². The first-order chi connectivity index (χ1) is 15.4. The van der Waals surface area contributed by atoms with E-state index in [0.717, 1.165) is 30.5 Å². The SMILES string of the molecule is CN(C)c1ccc(C2Nc3ccc(S(=O)(=O)NCC4CCCO4)cc3C3C=CCC32)cc1. The monoisotopic (exact) mass is 453 g/mol. The zero-order valence-corrected chi connectivity index (χ0v) is 19.4. The molecule has 4 unspecified atom stereocenters. The fraction of sp³-hybridized carbons (Fsp3) is 0.440. The van der Waals surface area contributed by atoms with Crippen LogP contribution < -0.4 is 14.9 Å². The van der Waals surface area contributed by atoms with E-state index < -0.39 is 10.0 Å². The Morgan fingerprint density at radius 1 is 1.16 bits per heavy atom. The van der Waals surface area contributed by atoms with E-state index in [-0.39, 0.29) is 18.1 Å². The van der Waals surface area contributed by atoms with Gasteiger partial charge in [0.15, 0.2) is 0 Å². The van der Waals surface area contributed by atoms with Gasteiger partial charge in [-0.3, -0.25) is 0 Å². The number of rotatable bonds is 6. The van der Waals surface area contributed by atoms with Gasteiger partial charge >= 0.3 is 0 Å². The number of fused-ring (bicyclic) bond motifs is 3. The minimum Gasteiger partial charge on any atom is -0.378 e. The van der Waals surface area contributed by atoms with Crippen molar-refractivity contribution in [2.75, 3.05) is 37.5 Å². The number of allylic oxidation sites excluding steroid dienone is 2. The Hall–Kier alpha value is -2.35. The van der Waals surface area contributed by atoms with Crippen molar-refractivity contribution < 1.29 is 13.2 Å². The minimum absolute atomic E-state index is 0.0224. The van der Waals surface area contributed by atoms with E-state index in [0.29, 0.717) is 24.0 Å². The molecule has 3 aliphatic rings. The van der Waals surface area contributed by atoms with Crippen molar-refractivity contribution in [2.45, 2.75) is 42.2 Å². The number of hydrogen-bond acceptors (Lipinski definition) is 5. The fourth-order valence-electron chi connectivity index (χ4n) is 5.14. The second-order valence-electron chi connectivity index (χ2n) is 9.20. The number of sulfonamides is 1. The lowest BCUT2D eigenvalue weighted by atomic mass is 9.77. The van der Waals surface area contributed by atoms with Crippen molar-refractivity contribution >= 4 is 21.4 Å². The number of nitrogens with zero attached hydrogens (tertiary/aromatic N) is 1. The van der Waals surface area contributed by atoms with Crippen LogP contribution in [-0.4, -0.2) is 41.8 Å². The summed E-state index contributed by atoms with van der Waals surface area (Å²) >= 11 is 0. The average Bonchev–Trinajstić information content (AvgIpc) is 3.49. The molecule has 0 radical (unpaired) electrons. The predicted octanol–water partition coefficient (Wildman–Crippen LogP) is 4.04. The van der Waals surface area contributed by atoms with Crippen molar-refractivity contribution in [3.8, 4) is 0 Å². The van der Waals surface area contributed by atoms with Crippen LogP contribution in [0.5, 0.6) is 0 Å². The summed E-state index contributed by atoms with van der Waals surface area (Å²) in [6.07, 6.45) is 7.32. The molecule has 2 aliphatic heterocycles. The Morgan fingerprint density at radius 3 is 2.69 bits per heavy atom. The van der Waals surface area contributed by atoms with Crippen LogP contribution in [0.15, 0.2) is 59.5 Å². The second kappa shape index (κ2) is 8.54. The van der Waals surface area contributed by atoms with Gasteiger partial charge in [0.2, 0.25) is 10.0 Å². The van der Waals surface area contributed by atoms with Gasteiger partial charge in [-0.2, -0.15) is 0 Å². The van der Waals surface area contributed by atoms with Gasteiger partial charge in [0.1, 0.15) is 0 Å². The minimum atomic E-state index is -3.58. The van der Waals surface area contributed by atoms with Gasteiger partial charge in [-0.25, -0.2) is 13.1 Å². The van der Waals surface area contributed by atoms with Crippen LogP contribution >= 0.6 is 0 Å². The highest BCUT2D eigenvalue weighted by Crippen LogP contribution is 2.50. The largest absolute Gasteiger partial charge is 0.378 e.